The Hall–Kier alpha value is -3.71. The second-order valence-corrected chi connectivity index (χ2v) is 8.53. The fourth-order valence-electron chi connectivity index (χ4n) is 4.39. The maximum Gasteiger partial charge on any atom is 0.262 e. The van der Waals surface area contributed by atoms with Crippen LogP contribution in [0.25, 0.3) is 10.9 Å². The van der Waals surface area contributed by atoms with Gasteiger partial charge in [-0.15, -0.1) is 0 Å². The molecule has 0 radical (unpaired) electrons. The molecule has 1 N–H and O–H groups in total. The summed E-state index contributed by atoms with van der Waals surface area (Å²) in [6, 6.07) is 20.9. The van der Waals surface area contributed by atoms with Crippen LogP contribution in [0.2, 0.25) is 0 Å². The van der Waals surface area contributed by atoms with Gasteiger partial charge in [-0.2, -0.15) is 0 Å². The topological polar surface area (TPSA) is 67.3 Å². The molecular weight excluding hydrogens is 434 g/mol. The minimum absolute atomic E-state index is 0.0519. The number of amides is 1. The van der Waals surface area contributed by atoms with Gasteiger partial charge in [0.1, 0.15) is 5.75 Å². The van der Waals surface area contributed by atoms with E-state index in [9.17, 15) is 9.59 Å². The summed E-state index contributed by atoms with van der Waals surface area (Å²) >= 11 is 5.49. The van der Waals surface area contributed by atoms with Crippen molar-refractivity contribution in [2.45, 2.75) is 19.5 Å². The van der Waals surface area contributed by atoms with Crippen molar-refractivity contribution in [1.29, 1.82) is 0 Å². The maximum atomic E-state index is 13.2. The number of aromatic amines is 1. The van der Waals surface area contributed by atoms with Crippen LogP contribution in [0, 0.1) is 4.77 Å². The van der Waals surface area contributed by atoms with Gasteiger partial charge in [-0.05, 0) is 54.0 Å². The first-order valence-corrected chi connectivity index (χ1v) is 11.2. The molecule has 0 saturated heterocycles. The summed E-state index contributed by atoms with van der Waals surface area (Å²) in [5, 5.41) is 0.485. The Labute approximate surface area is 196 Å². The molecule has 7 heteroatoms. The summed E-state index contributed by atoms with van der Waals surface area (Å²) in [5.74, 6) is 0.645. The number of nitrogens with zero attached hydrogens (tertiary/aromatic N) is 2. The Morgan fingerprint density at radius 1 is 1.06 bits per heavy atom. The zero-order valence-corrected chi connectivity index (χ0v) is 19.0. The van der Waals surface area contributed by atoms with Crippen molar-refractivity contribution in [3.05, 3.63) is 104 Å². The van der Waals surface area contributed by atoms with Crippen molar-refractivity contribution in [1.82, 2.24) is 14.5 Å². The fourth-order valence-corrected chi connectivity index (χ4v) is 4.64. The number of carbonyl (C=O) groups excluding carboxylic acids is 1. The second-order valence-electron chi connectivity index (χ2n) is 8.14. The van der Waals surface area contributed by atoms with E-state index in [1.807, 2.05) is 41.3 Å². The monoisotopic (exact) mass is 457 g/mol. The van der Waals surface area contributed by atoms with E-state index in [-0.39, 0.29) is 11.5 Å². The summed E-state index contributed by atoms with van der Waals surface area (Å²) in [6.45, 7) is 1.55. The van der Waals surface area contributed by atoms with Crippen LogP contribution in [0.3, 0.4) is 0 Å². The Kier molecular flexibility index (Phi) is 5.56. The van der Waals surface area contributed by atoms with Gasteiger partial charge >= 0.3 is 0 Å². The summed E-state index contributed by atoms with van der Waals surface area (Å²) in [4.78, 5) is 31.4. The van der Waals surface area contributed by atoms with Gasteiger partial charge in [0, 0.05) is 24.2 Å². The van der Waals surface area contributed by atoms with Gasteiger partial charge in [0.05, 0.1) is 24.6 Å². The highest BCUT2D eigenvalue weighted by Gasteiger charge is 2.22. The number of carbonyl (C=O) groups is 1. The number of hydrogen-bond acceptors (Lipinski definition) is 4. The van der Waals surface area contributed by atoms with Crippen molar-refractivity contribution < 1.29 is 9.53 Å². The molecule has 0 saturated carbocycles. The molecule has 1 aromatic heterocycles. The average molecular weight is 458 g/mol. The Balaban J connectivity index is 1.47. The number of rotatable bonds is 4. The van der Waals surface area contributed by atoms with Gasteiger partial charge in [0.25, 0.3) is 11.5 Å². The van der Waals surface area contributed by atoms with Crippen molar-refractivity contribution in [2.24, 2.45) is 0 Å². The molecule has 5 rings (SSSR count). The number of ether oxygens (including phenoxy) is 1. The predicted molar refractivity (Wildman–Crippen MR) is 130 cm³/mol. The third-order valence-electron chi connectivity index (χ3n) is 6.17. The van der Waals surface area contributed by atoms with E-state index in [0.717, 1.165) is 12.0 Å². The Morgan fingerprint density at radius 3 is 2.64 bits per heavy atom. The normalized spacial score (nSPS) is 13.1. The van der Waals surface area contributed by atoms with Gasteiger partial charge in [0.15, 0.2) is 4.77 Å². The molecule has 0 bridgehead atoms. The lowest BCUT2D eigenvalue weighted by Crippen LogP contribution is -2.36. The molecule has 0 spiro atoms. The predicted octanol–water partition coefficient (Wildman–Crippen LogP) is 4.31. The van der Waals surface area contributed by atoms with E-state index in [0.29, 0.717) is 46.6 Å². The van der Waals surface area contributed by atoms with Gasteiger partial charge in [0.2, 0.25) is 0 Å². The SMILES string of the molecule is COc1ccccc1Cn1c(=S)[nH]c2cc(C(=O)N3CCc4ccccc4C3)ccc2c1=O. The van der Waals surface area contributed by atoms with Crippen LogP contribution in [0.5, 0.6) is 5.75 Å². The molecule has 1 amide bonds. The molecule has 2 heterocycles. The lowest BCUT2D eigenvalue weighted by molar-refractivity contribution is 0.0735. The Morgan fingerprint density at radius 2 is 1.82 bits per heavy atom. The molecule has 1 aliphatic heterocycles. The van der Waals surface area contributed by atoms with Gasteiger partial charge < -0.3 is 14.6 Å². The first-order chi connectivity index (χ1) is 16.0. The fraction of sp³-hybridized carbons (Fsp3) is 0.192. The Bertz CT molecular complexity index is 1490. The summed E-state index contributed by atoms with van der Waals surface area (Å²) in [5.41, 5.74) is 4.22. The van der Waals surface area contributed by atoms with Crippen LogP contribution in [-0.4, -0.2) is 34.0 Å². The number of H-pyrrole nitrogens is 1. The smallest absolute Gasteiger partial charge is 0.262 e. The van der Waals surface area contributed by atoms with Gasteiger partial charge in [-0.1, -0.05) is 42.5 Å². The first kappa shape index (κ1) is 21.2. The van der Waals surface area contributed by atoms with Crippen molar-refractivity contribution in [3.8, 4) is 5.75 Å². The highest BCUT2D eigenvalue weighted by Crippen LogP contribution is 2.22. The number of hydrogen-bond donors (Lipinski definition) is 1. The summed E-state index contributed by atoms with van der Waals surface area (Å²) < 4.78 is 7.22. The quantitative estimate of drug-likeness (QED) is 0.464. The van der Waals surface area contributed by atoms with E-state index in [4.69, 9.17) is 17.0 Å². The molecule has 6 nitrogen and oxygen atoms in total. The molecular formula is C26H23N3O3S. The van der Waals surface area contributed by atoms with Crippen LogP contribution in [0.4, 0.5) is 0 Å². The second kappa shape index (κ2) is 8.67. The van der Waals surface area contributed by atoms with Crippen LogP contribution in [-0.2, 0) is 19.5 Å². The number of nitrogens with one attached hydrogen (secondary N) is 1. The lowest BCUT2D eigenvalue weighted by atomic mass is 9.99. The molecule has 0 unspecified atom stereocenters. The lowest BCUT2D eigenvalue weighted by Gasteiger charge is -2.29. The first-order valence-electron chi connectivity index (χ1n) is 10.8. The maximum absolute atomic E-state index is 13.2. The molecule has 0 atom stereocenters. The molecule has 3 aromatic carbocycles. The third kappa shape index (κ3) is 3.96. The molecule has 166 valence electrons. The number of methoxy groups -OCH3 is 1. The molecule has 1 aliphatic rings. The highest BCUT2D eigenvalue weighted by atomic mass is 32.1. The minimum Gasteiger partial charge on any atom is -0.496 e. The largest absolute Gasteiger partial charge is 0.496 e. The van der Waals surface area contributed by atoms with Crippen molar-refractivity contribution >= 4 is 29.0 Å². The van der Waals surface area contributed by atoms with E-state index >= 15 is 0 Å². The van der Waals surface area contributed by atoms with Crippen LogP contribution < -0.4 is 10.3 Å². The minimum atomic E-state index is -0.203. The van der Waals surface area contributed by atoms with Crippen LogP contribution in [0.1, 0.15) is 27.0 Å². The summed E-state index contributed by atoms with van der Waals surface area (Å²) in [6.07, 6.45) is 0.839. The van der Waals surface area contributed by atoms with E-state index < -0.39 is 0 Å². The van der Waals surface area contributed by atoms with Crippen molar-refractivity contribution in [2.75, 3.05) is 13.7 Å². The van der Waals surface area contributed by atoms with Crippen molar-refractivity contribution in [3.63, 3.8) is 0 Å². The number of fused-ring (bicyclic) bond motifs is 2. The average Bonchev–Trinajstić information content (AvgIpc) is 2.85. The summed E-state index contributed by atoms with van der Waals surface area (Å²) in [7, 11) is 1.60. The standard InChI is InChI=1S/C26H23N3O3S/c1-32-23-9-5-4-8-20(23)16-29-25(31)21-11-10-18(14-22(21)27-26(29)33)24(30)28-13-12-17-6-2-3-7-19(17)15-28/h2-11,14H,12-13,15-16H2,1H3,(H,27,33). The number of para-hydroxylation sites is 1. The van der Waals surface area contributed by atoms with E-state index in [1.54, 1.807) is 25.3 Å². The molecule has 4 aromatic rings. The molecule has 0 aliphatic carbocycles. The van der Waals surface area contributed by atoms with Crippen LogP contribution in [0.15, 0.2) is 71.5 Å². The van der Waals surface area contributed by atoms with E-state index in [1.165, 1.54) is 15.7 Å². The van der Waals surface area contributed by atoms with Crippen LogP contribution >= 0.6 is 12.2 Å². The third-order valence-corrected chi connectivity index (χ3v) is 6.49. The van der Waals surface area contributed by atoms with E-state index in [2.05, 4.69) is 17.1 Å². The molecule has 0 fully saturated rings. The van der Waals surface area contributed by atoms with Gasteiger partial charge in [-0.25, -0.2) is 0 Å². The molecule has 33 heavy (non-hydrogen) atoms. The number of aromatic nitrogens is 2. The number of benzene rings is 3. The zero-order chi connectivity index (χ0) is 22.9. The zero-order valence-electron chi connectivity index (χ0n) is 18.2. The van der Waals surface area contributed by atoms with Gasteiger partial charge in [-0.3, -0.25) is 14.2 Å². The highest BCUT2D eigenvalue weighted by molar-refractivity contribution is 7.71.